The van der Waals surface area contributed by atoms with Crippen molar-refractivity contribution in [1.29, 1.82) is 0 Å². The number of hydrogen-bond acceptors (Lipinski definition) is 4. The Balaban J connectivity index is 3.37. The fourth-order valence-electron chi connectivity index (χ4n) is 1.05. The van der Waals surface area contributed by atoms with Crippen LogP contribution in [0, 0.1) is 0 Å². The average molecular weight is 200 g/mol. The van der Waals surface area contributed by atoms with Gasteiger partial charge in [0.05, 0.1) is 5.69 Å². The van der Waals surface area contributed by atoms with Gasteiger partial charge in [-0.05, 0) is 5.92 Å². The van der Waals surface area contributed by atoms with E-state index in [2.05, 4.69) is 9.97 Å². The van der Waals surface area contributed by atoms with Crippen molar-refractivity contribution >= 4 is 9.84 Å². The third-order valence-electron chi connectivity index (χ3n) is 1.65. The van der Waals surface area contributed by atoms with Gasteiger partial charge < -0.3 is 0 Å². The van der Waals surface area contributed by atoms with Crippen molar-refractivity contribution in [3.05, 3.63) is 18.2 Å². The fourth-order valence-corrected chi connectivity index (χ4v) is 1.97. The second-order valence-electron chi connectivity index (χ2n) is 3.20. The van der Waals surface area contributed by atoms with Crippen molar-refractivity contribution in [3.8, 4) is 0 Å². The zero-order valence-electron chi connectivity index (χ0n) is 7.85. The summed E-state index contributed by atoms with van der Waals surface area (Å²) in [7, 11) is -3.20. The van der Waals surface area contributed by atoms with Crippen LogP contribution in [-0.2, 0) is 9.84 Å². The van der Waals surface area contributed by atoms with E-state index in [0.29, 0.717) is 5.69 Å². The van der Waals surface area contributed by atoms with Gasteiger partial charge in [-0.3, -0.25) is 0 Å². The minimum atomic E-state index is -3.20. The third kappa shape index (κ3) is 2.24. The first-order chi connectivity index (χ1) is 5.93. The van der Waals surface area contributed by atoms with Crippen LogP contribution in [0.4, 0.5) is 0 Å². The smallest absolute Gasteiger partial charge is 0.178 e. The van der Waals surface area contributed by atoms with E-state index >= 15 is 0 Å². The second-order valence-corrected chi connectivity index (χ2v) is 5.18. The molecule has 0 saturated carbocycles. The van der Waals surface area contributed by atoms with Crippen molar-refractivity contribution in [3.63, 3.8) is 0 Å². The van der Waals surface area contributed by atoms with Crippen LogP contribution in [0.2, 0.25) is 0 Å². The lowest BCUT2D eigenvalue weighted by Gasteiger charge is -2.07. The highest BCUT2D eigenvalue weighted by Crippen LogP contribution is 2.19. The van der Waals surface area contributed by atoms with E-state index in [0.717, 1.165) is 6.26 Å². The topological polar surface area (TPSA) is 59.9 Å². The van der Waals surface area contributed by atoms with Crippen molar-refractivity contribution < 1.29 is 8.42 Å². The summed E-state index contributed by atoms with van der Waals surface area (Å²) < 4.78 is 22.6. The molecule has 0 saturated heterocycles. The first-order valence-electron chi connectivity index (χ1n) is 3.93. The first-order valence-corrected chi connectivity index (χ1v) is 5.82. The van der Waals surface area contributed by atoms with E-state index in [1.165, 1.54) is 12.5 Å². The Morgan fingerprint density at radius 1 is 1.38 bits per heavy atom. The Hall–Kier alpha value is -0.970. The zero-order valence-corrected chi connectivity index (χ0v) is 8.67. The van der Waals surface area contributed by atoms with Gasteiger partial charge in [0.25, 0.3) is 0 Å². The molecule has 1 heterocycles. The standard InChI is InChI=1S/C8H12N2O2S/c1-6(2)8-7(13(3,11)12)4-9-5-10-8/h4-6H,1-3H3. The summed E-state index contributed by atoms with van der Waals surface area (Å²) in [4.78, 5) is 7.89. The number of nitrogens with zero attached hydrogens (tertiary/aromatic N) is 2. The Morgan fingerprint density at radius 3 is 2.38 bits per heavy atom. The maximum Gasteiger partial charge on any atom is 0.178 e. The monoisotopic (exact) mass is 200 g/mol. The van der Waals surface area contributed by atoms with Gasteiger partial charge in [0.2, 0.25) is 0 Å². The van der Waals surface area contributed by atoms with E-state index in [1.807, 2.05) is 13.8 Å². The molecule has 1 aromatic heterocycles. The molecule has 0 bridgehead atoms. The van der Waals surface area contributed by atoms with Crippen LogP contribution < -0.4 is 0 Å². The van der Waals surface area contributed by atoms with Crippen LogP contribution in [0.5, 0.6) is 0 Å². The van der Waals surface area contributed by atoms with Crippen molar-refractivity contribution in [1.82, 2.24) is 9.97 Å². The summed E-state index contributed by atoms with van der Waals surface area (Å²) >= 11 is 0. The molecule has 0 radical (unpaired) electrons. The van der Waals surface area contributed by atoms with Gasteiger partial charge in [0.1, 0.15) is 11.2 Å². The second kappa shape index (κ2) is 3.41. The highest BCUT2D eigenvalue weighted by Gasteiger charge is 2.16. The highest BCUT2D eigenvalue weighted by molar-refractivity contribution is 7.90. The SMILES string of the molecule is CC(C)c1ncncc1S(C)(=O)=O. The molecule has 0 aliphatic carbocycles. The lowest BCUT2D eigenvalue weighted by Crippen LogP contribution is -2.06. The maximum absolute atomic E-state index is 11.3. The molecular formula is C8H12N2O2S. The van der Waals surface area contributed by atoms with E-state index in [4.69, 9.17) is 0 Å². The minimum Gasteiger partial charge on any atom is -0.243 e. The Labute approximate surface area is 78.0 Å². The molecule has 4 nitrogen and oxygen atoms in total. The first kappa shape index (κ1) is 10.1. The van der Waals surface area contributed by atoms with Gasteiger partial charge in [0, 0.05) is 12.5 Å². The number of hydrogen-bond donors (Lipinski definition) is 0. The molecule has 0 amide bonds. The summed E-state index contributed by atoms with van der Waals surface area (Å²) in [5.74, 6) is 0.0905. The van der Waals surface area contributed by atoms with Crippen molar-refractivity contribution in [2.45, 2.75) is 24.7 Å². The predicted molar refractivity (Wildman–Crippen MR) is 49.2 cm³/mol. The van der Waals surface area contributed by atoms with Gasteiger partial charge in [-0.2, -0.15) is 0 Å². The van der Waals surface area contributed by atoms with Crippen molar-refractivity contribution in [2.24, 2.45) is 0 Å². The van der Waals surface area contributed by atoms with Crippen LogP contribution in [0.25, 0.3) is 0 Å². The normalized spacial score (nSPS) is 12.0. The summed E-state index contributed by atoms with van der Waals surface area (Å²) in [6.07, 6.45) is 3.87. The van der Waals surface area contributed by atoms with E-state index in [-0.39, 0.29) is 10.8 Å². The maximum atomic E-state index is 11.3. The molecule has 0 fully saturated rings. The largest absolute Gasteiger partial charge is 0.243 e. The number of rotatable bonds is 2. The van der Waals surface area contributed by atoms with Crippen LogP contribution in [0.3, 0.4) is 0 Å². The Kier molecular flexibility index (Phi) is 2.66. The van der Waals surface area contributed by atoms with Gasteiger partial charge in [0.15, 0.2) is 9.84 Å². The Bertz CT molecular complexity index is 398. The lowest BCUT2D eigenvalue weighted by atomic mass is 10.1. The third-order valence-corrected chi connectivity index (χ3v) is 2.77. The summed E-state index contributed by atoms with van der Waals surface area (Å²) in [5, 5.41) is 0. The quantitative estimate of drug-likeness (QED) is 0.714. The molecule has 0 aromatic carbocycles. The molecular weight excluding hydrogens is 188 g/mol. The summed E-state index contributed by atoms with van der Waals surface area (Å²) in [6, 6.07) is 0. The summed E-state index contributed by atoms with van der Waals surface area (Å²) in [6.45, 7) is 3.80. The molecule has 1 rings (SSSR count). The van der Waals surface area contributed by atoms with E-state index in [1.54, 1.807) is 0 Å². The van der Waals surface area contributed by atoms with Crippen LogP contribution in [0.1, 0.15) is 25.5 Å². The van der Waals surface area contributed by atoms with Crippen LogP contribution >= 0.6 is 0 Å². The van der Waals surface area contributed by atoms with E-state index < -0.39 is 9.84 Å². The molecule has 5 heteroatoms. The average Bonchev–Trinajstić information content (AvgIpc) is 2.03. The molecule has 0 aliphatic heterocycles. The lowest BCUT2D eigenvalue weighted by molar-refractivity contribution is 0.597. The zero-order chi connectivity index (χ0) is 10.1. The molecule has 0 atom stereocenters. The van der Waals surface area contributed by atoms with Gasteiger partial charge in [-0.15, -0.1) is 0 Å². The molecule has 0 N–H and O–H groups in total. The van der Waals surface area contributed by atoms with Gasteiger partial charge in [-0.25, -0.2) is 18.4 Å². The molecule has 72 valence electrons. The fraction of sp³-hybridized carbons (Fsp3) is 0.500. The number of sulfone groups is 1. The molecule has 0 spiro atoms. The molecule has 0 unspecified atom stereocenters. The predicted octanol–water partition coefficient (Wildman–Crippen LogP) is 1.00. The highest BCUT2D eigenvalue weighted by atomic mass is 32.2. The summed E-state index contributed by atoms with van der Waals surface area (Å²) in [5.41, 5.74) is 0.581. The van der Waals surface area contributed by atoms with E-state index in [9.17, 15) is 8.42 Å². The van der Waals surface area contributed by atoms with Gasteiger partial charge in [-0.1, -0.05) is 13.8 Å². The molecule has 0 aliphatic rings. The molecule has 13 heavy (non-hydrogen) atoms. The Morgan fingerprint density at radius 2 is 2.00 bits per heavy atom. The van der Waals surface area contributed by atoms with Crippen molar-refractivity contribution in [2.75, 3.05) is 6.26 Å². The van der Waals surface area contributed by atoms with Gasteiger partial charge >= 0.3 is 0 Å². The van der Waals surface area contributed by atoms with Crippen LogP contribution in [0.15, 0.2) is 17.4 Å². The minimum absolute atomic E-state index is 0.0905. The van der Waals surface area contributed by atoms with Crippen LogP contribution in [-0.4, -0.2) is 24.6 Å². The molecule has 1 aromatic rings. The number of aromatic nitrogens is 2.